The fraction of sp³-hybridized carbons (Fsp3) is 0.409. The van der Waals surface area contributed by atoms with Gasteiger partial charge in [0.25, 0.3) is 5.91 Å². The van der Waals surface area contributed by atoms with Crippen LogP contribution in [0.15, 0.2) is 40.9 Å². The molecule has 1 N–H and O–H groups in total. The van der Waals surface area contributed by atoms with Crippen LogP contribution in [0.5, 0.6) is 11.5 Å². The van der Waals surface area contributed by atoms with Gasteiger partial charge in [0.05, 0.1) is 19.8 Å². The van der Waals surface area contributed by atoms with E-state index >= 15 is 0 Å². The number of amides is 1. The van der Waals surface area contributed by atoms with Crippen molar-refractivity contribution in [2.45, 2.75) is 25.8 Å². The van der Waals surface area contributed by atoms with Crippen molar-refractivity contribution in [3.05, 3.63) is 57.6 Å². The molecule has 0 unspecified atom stereocenters. The van der Waals surface area contributed by atoms with Crippen LogP contribution in [-0.4, -0.2) is 44.7 Å². The summed E-state index contributed by atoms with van der Waals surface area (Å²) in [6.07, 6.45) is 3.12. The number of unbranched alkanes of at least 4 members (excludes halogenated alkanes) is 1. The Labute approximate surface area is 175 Å². The quantitative estimate of drug-likeness (QED) is 0.621. The molecule has 3 rings (SSSR count). The van der Waals surface area contributed by atoms with Crippen LogP contribution in [0.25, 0.3) is 0 Å². The average Bonchev–Trinajstić information content (AvgIpc) is 2.72. The number of benzene rings is 2. The maximum atomic E-state index is 12.6. The lowest BCUT2D eigenvalue weighted by Crippen LogP contribution is -2.32. The van der Waals surface area contributed by atoms with Gasteiger partial charge in [-0.15, -0.1) is 0 Å². The Hall–Kier alpha value is -2.05. The Morgan fingerprint density at radius 2 is 1.93 bits per heavy atom. The number of nitrogens with zero attached hydrogens (tertiary/aromatic N) is 1. The third-order valence-corrected chi connectivity index (χ3v) is 5.54. The second kappa shape index (κ2) is 9.94. The van der Waals surface area contributed by atoms with Gasteiger partial charge < -0.3 is 14.8 Å². The molecule has 0 saturated carbocycles. The number of methoxy groups -OCH3 is 2. The van der Waals surface area contributed by atoms with Gasteiger partial charge in [-0.25, -0.2) is 0 Å². The standard InChI is InChI=1S/C22H27BrN2O3/c1-27-20-14-18(23)13-19(21(20)28-2)22(26)24-10-5-6-11-25-12-9-16-7-3-4-8-17(16)15-25/h3-4,7-8,13-14H,5-6,9-12,15H2,1-2H3,(H,24,26). The highest BCUT2D eigenvalue weighted by Gasteiger charge is 2.18. The highest BCUT2D eigenvalue weighted by molar-refractivity contribution is 9.10. The number of ether oxygens (including phenoxy) is 2. The fourth-order valence-electron chi connectivity index (χ4n) is 3.60. The monoisotopic (exact) mass is 446 g/mol. The lowest BCUT2D eigenvalue weighted by molar-refractivity contribution is 0.0948. The zero-order chi connectivity index (χ0) is 19.9. The highest BCUT2D eigenvalue weighted by atomic mass is 79.9. The lowest BCUT2D eigenvalue weighted by Gasteiger charge is -2.28. The van der Waals surface area contributed by atoms with E-state index in [1.165, 1.54) is 11.1 Å². The molecular formula is C22H27BrN2O3. The summed E-state index contributed by atoms with van der Waals surface area (Å²) in [7, 11) is 3.10. The first kappa shape index (κ1) is 20.7. The van der Waals surface area contributed by atoms with Crippen molar-refractivity contribution in [1.29, 1.82) is 0 Å². The van der Waals surface area contributed by atoms with E-state index in [0.717, 1.165) is 43.4 Å². The Morgan fingerprint density at radius 1 is 1.14 bits per heavy atom. The van der Waals surface area contributed by atoms with Gasteiger partial charge in [-0.1, -0.05) is 40.2 Å². The number of carbonyl (C=O) groups excluding carboxylic acids is 1. The number of fused-ring (bicyclic) bond motifs is 1. The van der Waals surface area contributed by atoms with E-state index in [2.05, 4.69) is 50.4 Å². The van der Waals surface area contributed by atoms with E-state index < -0.39 is 0 Å². The molecule has 1 heterocycles. The predicted molar refractivity (Wildman–Crippen MR) is 114 cm³/mol. The zero-order valence-electron chi connectivity index (χ0n) is 16.5. The molecule has 2 aromatic rings. The van der Waals surface area contributed by atoms with E-state index in [1.807, 2.05) is 0 Å². The van der Waals surface area contributed by atoms with E-state index in [4.69, 9.17) is 9.47 Å². The molecule has 1 aliphatic heterocycles. The van der Waals surface area contributed by atoms with Crippen LogP contribution in [-0.2, 0) is 13.0 Å². The minimum atomic E-state index is -0.150. The maximum Gasteiger partial charge on any atom is 0.255 e. The van der Waals surface area contributed by atoms with Crippen LogP contribution in [0, 0.1) is 0 Å². The van der Waals surface area contributed by atoms with Gasteiger partial charge in [0, 0.05) is 24.1 Å². The van der Waals surface area contributed by atoms with Gasteiger partial charge >= 0.3 is 0 Å². The molecule has 28 heavy (non-hydrogen) atoms. The van der Waals surface area contributed by atoms with Crippen molar-refractivity contribution in [2.75, 3.05) is 33.9 Å². The van der Waals surface area contributed by atoms with E-state index in [-0.39, 0.29) is 5.91 Å². The molecule has 0 fully saturated rings. The van der Waals surface area contributed by atoms with Gasteiger partial charge in [0.1, 0.15) is 0 Å². The summed E-state index contributed by atoms with van der Waals surface area (Å²) >= 11 is 3.41. The van der Waals surface area contributed by atoms with Crippen molar-refractivity contribution in [3.8, 4) is 11.5 Å². The van der Waals surface area contributed by atoms with E-state index in [1.54, 1.807) is 26.4 Å². The van der Waals surface area contributed by atoms with Crippen molar-refractivity contribution in [2.24, 2.45) is 0 Å². The second-order valence-corrected chi connectivity index (χ2v) is 7.86. The largest absolute Gasteiger partial charge is 0.493 e. The van der Waals surface area contributed by atoms with Gasteiger partial charge in [-0.2, -0.15) is 0 Å². The average molecular weight is 447 g/mol. The number of hydrogen-bond acceptors (Lipinski definition) is 4. The number of halogens is 1. The molecule has 1 aliphatic rings. The minimum Gasteiger partial charge on any atom is -0.493 e. The zero-order valence-corrected chi connectivity index (χ0v) is 18.0. The second-order valence-electron chi connectivity index (χ2n) is 6.95. The van der Waals surface area contributed by atoms with Crippen molar-refractivity contribution >= 4 is 21.8 Å². The summed E-state index contributed by atoms with van der Waals surface area (Å²) in [5.41, 5.74) is 3.39. The minimum absolute atomic E-state index is 0.150. The molecule has 0 aliphatic carbocycles. The first-order valence-electron chi connectivity index (χ1n) is 9.61. The number of rotatable bonds is 8. The number of hydrogen-bond donors (Lipinski definition) is 1. The molecule has 0 spiro atoms. The van der Waals surface area contributed by atoms with Gasteiger partial charge in [-0.3, -0.25) is 9.69 Å². The fourth-order valence-corrected chi connectivity index (χ4v) is 4.04. The Kier molecular flexibility index (Phi) is 7.34. The lowest BCUT2D eigenvalue weighted by atomic mass is 10.00. The maximum absolute atomic E-state index is 12.6. The Bertz CT molecular complexity index is 825. The van der Waals surface area contributed by atoms with Crippen molar-refractivity contribution < 1.29 is 14.3 Å². The summed E-state index contributed by atoms with van der Waals surface area (Å²) in [5.74, 6) is 0.839. The Balaban J connectivity index is 1.45. The molecule has 5 nitrogen and oxygen atoms in total. The van der Waals surface area contributed by atoms with Crippen molar-refractivity contribution in [1.82, 2.24) is 10.2 Å². The SMILES string of the molecule is COc1cc(Br)cc(C(=O)NCCCCN2CCc3ccccc3C2)c1OC. The van der Waals surface area contributed by atoms with Crippen LogP contribution in [0.2, 0.25) is 0 Å². The summed E-state index contributed by atoms with van der Waals surface area (Å²) in [6.45, 7) is 3.83. The summed E-state index contributed by atoms with van der Waals surface area (Å²) in [6, 6.07) is 12.2. The molecule has 0 atom stereocenters. The van der Waals surface area contributed by atoms with E-state index in [0.29, 0.717) is 23.6 Å². The van der Waals surface area contributed by atoms with Gasteiger partial charge in [-0.05, 0) is 49.1 Å². The molecule has 0 aromatic heterocycles. The molecule has 0 radical (unpaired) electrons. The summed E-state index contributed by atoms with van der Waals surface area (Å²) in [5, 5.41) is 2.99. The molecule has 1 amide bonds. The highest BCUT2D eigenvalue weighted by Crippen LogP contribution is 2.34. The molecule has 2 aromatic carbocycles. The first-order chi connectivity index (χ1) is 13.6. The van der Waals surface area contributed by atoms with Crippen molar-refractivity contribution in [3.63, 3.8) is 0 Å². The molecule has 0 bridgehead atoms. The molecular weight excluding hydrogens is 420 g/mol. The topological polar surface area (TPSA) is 50.8 Å². The van der Waals surface area contributed by atoms with E-state index in [9.17, 15) is 4.79 Å². The molecule has 6 heteroatoms. The normalized spacial score (nSPS) is 13.7. The summed E-state index contributed by atoms with van der Waals surface area (Å²) in [4.78, 5) is 15.1. The smallest absolute Gasteiger partial charge is 0.255 e. The van der Waals surface area contributed by atoms with Crippen LogP contribution in [0.4, 0.5) is 0 Å². The first-order valence-corrected chi connectivity index (χ1v) is 10.4. The third-order valence-electron chi connectivity index (χ3n) is 5.08. The predicted octanol–water partition coefficient (Wildman–Crippen LogP) is 4.03. The van der Waals surface area contributed by atoms with Crippen LogP contribution in [0.3, 0.4) is 0 Å². The number of carbonyl (C=O) groups is 1. The Morgan fingerprint density at radius 3 is 2.68 bits per heavy atom. The van der Waals surface area contributed by atoms with Crippen LogP contribution >= 0.6 is 15.9 Å². The van der Waals surface area contributed by atoms with Gasteiger partial charge in [0.15, 0.2) is 11.5 Å². The van der Waals surface area contributed by atoms with Crippen LogP contribution in [0.1, 0.15) is 34.3 Å². The van der Waals surface area contributed by atoms with Gasteiger partial charge in [0.2, 0.25) is 0 Å². The molecule has 0 saturated heterocycles. The third kappa shape index (κ3) is 5.06. The summed E-state index contributed by atoms with van der Waals surface area (Å²) < 4.78 is 11.4. The molecule has 150 valence electrons. The van der Waals surface area contributed by atoms with Crippen LogP contribution < -0.4 is 14.8 Å². The number of nitrogens with one attached hydrogen (secondary N) is 1.